The average molecular weight is 217 g/mol. The number of urea groups is 1. The molecule has 6 nitrogen and oxygen atoms in total. The van der Waals surface area contributed by atoms with Crippen LogP contribution in [0.5, 0.6) is 0 Å². The summed E-state index contributed by atoms with van der Waals surface area (Å²) < 4.78 is 5.01. The molecule has 0 saturated carbocycles. The van der Waals surface area contributed by atoms with Crippen molar-refractivity contribution >= 4 is 11.9 Å². The maximum atomic E-state index is 11.3. The Kier molecular flexibility index (Phi) is 6.64. The van der Waals surface area contributed by atoms with Gasteiger partial charge < -0.3 is 15.4 Å². The fraction of sp³-hybridized carbons (Fsp3) is 0.778. The number of hydrogen-bond acceptors (Lipinski definition) is 4. The van der Waals surface area contributed by atoms with Crippen molar-refractivity contribution in [1.82, 2.24) is 16.0 Å². The molecule has 0 aliphatic carbocycles. The van der Waals surface area contributed by atoms with Crippen LogP contribution in [-0.4, -0.2) is 44.8 Å². The molecule has 0 aromatic heterocycles. The van der Waals surface area contributed by atoms with Gasteiger partial charge in [0, 0.05) is 20.7 Å². The Morgan fingerprint density at radius 1 is 1.33 bits per heavy atom. The summed E-state index contributed by atoms with van der Waals surface area (Å²) in [5.41, 5.74) is 0. The quantitative estimate of drug-likeness (QED) is 0.577. The summed E-state index contributed by atoms with van der Waals surface area (Å²) in [7, 11) is 3.05. The molecule has 0 rings (SSSR count). The van der Waals surface area contributed by atoms with Crippen LogP contribution in [0.2, 0.25) is 0 Å². The van der Waals surface area contributed by atoms with Gasteiger partial charge in [0.1, 0.15) is 0 Å². The lowest BCUT2D eigenvalue weighted by molar-refractivity contribution is -0.121. The number of imide groups is 1. The molecule has 0 aromatic carbocycles. The molecule has 3 N–H and O–H groups in total. The van der Waals surface area contributed by atoms with Crippen molar-refractivity contribution < 1.29 is 14.3 Å². The van der Waals surface area contributed by atoms with Gasteiger partial charge in [-0.05, 0) is 13.8 Å². The number of nitrogens with one attached hydrogen (secondary N) is 3. The van der Waals surface area contributed by atoms with E-state index in [4.69, 9.17) is 4.74 Å². The van der Waals surface area contributed by atoms with E-state index < -0.39 is 12.1 Å². The van der Waals surface area contributed by atoms with Crippen LogP contribution in [0.3, 0.4) is 0 Å². The molecular weight excluding hydrogens is 198 g/mol. The average Bonchev–Trinajstić information content (AvgIpc) is 2.24. The molecule has 2 unspecified atom stereocenters. The van der Waals surface area contributed by atoms with Crippen LogP contribution >= 0.6 is 0 Å². The molecule has 3 amide bonds. The largest absolute Gasteiger partial charge is 0.380 e. The van der Waals surface area contributed by atoms with Crippen molar-refractivity contribution in [2.24, 2.45) is 0 Å². The number of ether oxygens (including phenoxy) is 1. The normalized spacial score (nSPS) is 14.1. The number of methoxy groups -OCH3 is 1. The van der Waals surface area contributed by atoms with Gasteiger partial charge >= 0.3 is 6.03 Å². The molecule has 0 aliphatic heterocycles. The minimum atomic E-state index is -0.506. The molecule has 0 spiro atoms. The van der Waals surface area contributed by atoms with E-state index in [2.05, 4.69) is 16.0 Å². The van der Waals surface area contributed by atoms with Crippen LogP contribution in [0.15, 0.2) is 0 Å². The topological polar surface area (TPSA) is 79.5 Å². The molecule has 88 valence electrons. The van der Waals surface area contributed by atoms with Gasteiger partial charge in [0.2, 0.25) is 5.91 Å². The van der Waals surface area contributed by atoms with Crippen LogP contribution in [0.25, 0.3) is 0 Å². The Balaban J connectivity index is 3.84. The van der Waals surface area contributed by atoms with E-state index in [1.165, 1.54) is 7.05 Å². The summed E-state index contributed by atoms with van der Waals surface area (Å²) in [6.07, 6.45) is 0.0280. The zero-order valence-corrected chi connectivity index (χ0v) is 9.59. The van der Waals surface area contributed by atoms with Gasteiger partial charge in [-0.3, -0.25) is 10.1 Å². The minimum Gasteiger partial charge on any atom is -0.380 e. The van der Waals surface area contributed by atoms with Crippen LogP contribution in [0.1, 0.15) is 13.8 Å². The summed E-state index contributed by atoms with van der Waals surface area (Å²) in [6.45, 7) is 4.12. The standard InChI is InChI=1S/C9H19N3O3/c1-6(15-4)5-11-7(2)8(13)12-9(14)10-3/h6-7,11H,5H2,1-4H3,(H2,10,12,13,14). The molecule has 15 heavy (non-hydrogen) atoms. The second-order valence-electron chi connectivity index (χ2n) is 3.24. The first-order chi connectivity index (χ1) is 7.01. The molecule has 0 bridgehead atoms. The van der Waals surface area contributed by atoms with E-state index in [1.807, 2.05) is 6.92 Å². The Morgan fingerprint density at radius 3 is 2.40 bits per heavy atom. The molecule has 2 atom stereocenters. The monoisotopic (exact) mass is 217 g/mol. The van der Waals surface area contributed by atoms with E-state index >= 15 is 0 Å². The van der Waals surface area contributed by atoms with Crippen LogP contribution in [0.4, 0.5) is 4.79 Å². The third-order valence-corrected chi connectivity index (χ3v) is 1.97. The highest BCUT2D eigenvalue weighted by molar-refractivity contribution is 5.96. The van der Waals surface area contributed by atoms with Crippen LogP contribution in [-0.2, 0) is 9.53 Å². The van der Waals surface area contributed by atoms with Gasteiger partial charge in [0.05, 0.1) is 12.1 Å². The summed E-state index contributed by atoms with van der Waals surface area (Å²) in [5, 5.41) is 7.43. The predicted octanol–water partition coefficient (Wildman–Crippen LogP) is -0.545. The zero-order chi connectivity index (χ0) is 11.8. The number of amides is 3. The van der Waals surface area contributed by atoms with E-state index in [0.717, 1.165) is 0 Å². The highest BCUT2D eigenvalue weighted by Crippen LogP contribution is 1.87. The summed E-state index contributed by atoms with van der Waals surface area (Å²) in [4.78, 5) is 22.2. The number of rotatable bonds is 5. The number of hydrogen-bond donors (Lipinski definition) is 3. The van der Waals surface area contributed by atoms with Crippen molar-refractivity contribution in [2.75, 3.05) is 20.7 Å². The lowest BCUT2D eigenvalue weighted by Gasteiger charge is -2.16. The third kappa shape index (κ3) is 6.03. The van der Waals surface area contributed by atoms with Gasteiger partial charge in [-0.1, -0.05) is 0 Å². The Morgan fingerprint density at radius 2 is 1.93 bits per heavy atom. The summed E-state index contributed by atoms with van der Waals surface area (Å²) in [6, 6.07) is -0.937. The molecule has 6 heteroatoms. The fourth-order valence-corrected chi connectivity index (χ4v) is 0.801. The van der Waals surface area contributed by atoms with E-state index in [9.17, 15) is 9.59 Å². The number of carbonyl (C=O) groups excluding carboxylic acids is 2. The van der Waals surface area contributed by atoms with Crippen molar-refractivity contribution in [2.45, 2.75) is 26.0 Å². The second kappa shape index (κ2) is 7.19. The maximum absolute atomic E-state index is 11.3. The summed E-state index contributed by atoms with van der Waals surface area (Å²) >= 11 is 0. The molecule has 0 aliphatic rings. The predicted molar refractivity (Wildman–Crippen MR) is 56.5 cm³/mol. The number of carbonyl (C=O) groups is 2. The Labute approximate surface area is 89.7 Å². The third-order valence-electron chi connectivity index (χ3n) is 1.97. The van der Waals surface area contributed by atoms with Crippen molar-refractivity contribution in [1.29, 1.82) is 0 Å². The fourth-order valence-electron chi connectivity index (χ4n) is 0.801. The molecule has 0 heterocycles. The first-order valence-electron chi connectivity index (χ1n) is 4.80. The van der Waals surface area contributed by atoms with E-state index in [1.54, 1.807) is 14.0 Å². The van der Waals surface area contributed by atoms with Crippen molar-refractivity contribution in [3.8, 4) is 0 Å². The van der Waals surface area contributed by atoms with E-state index in [0.29, 0.717) is 6.54 Å². The van der Waals surface area contributed by atoms with Crippen molar-refractivity contribution in [3.05, 3.63) is 0 Å². The lowest BCUT2D eigenvalue weighted by atomic mass is 10.3. The zero-order valence-electron chi connectivity index (χ0n) is 9.59. The van der Waals surface area contributed by atoms with Gasteiger partial charge in [0.25, 0.3) is 0 Å². The van der Waals surface area contributed by atoms with Gasteiger partial charge in [0.15, 0.2) is 0 Å². The first kappa shape index (κ1) is 13.9. The van der Waals surface area contributed by atoms with Crippen LogP contribution < -0.4 is 16.0 Å². The molecule has 0 radical (unpaired) electrons. The van der Waals surface area contributed by atoms with Gasteiger partial charge in [-0.15, -0.1) is 0 Å². The minimum absolute atomic E-state index is 0.0280. The molecule has 0 fully saturated rings. The molecule has 0 saturated heterocycles. The first-order valence-corrected chi connectivity index (χ1v) is 4.80. The lowest BCUT2D eigenvalue weighted by Crippen LogP contribution is -2.48. The van der Waals surface area contributed by atoms with Crippen molar-refractivity contribution in [3.63, 3.8) is 0 Å². The van der Waals surface area contributed by atoms with E-state index in [-0.39, 0.29) is 12.0 Å². The Bertz CT molecular complexity index is 221. The SMILES string of the molecule is CNC(=O)NC(=O)C(C)NCC(C)OC. The smallest absolute Gasteiger partial charge is 0.321 e. The molecule has 0 aromatic rings. The highest BCUT2D eigenvalue weighted by atomic mass is 16.5. The van der Waals surface area contributed by atoms with Gasteiger partial charge in [-0.25, -0.2) is 4.79 Å². The maximum Gasteiger partial charge on any atom is 0.321 e. The Hall–Kier alpha value is -1.14. The summed E-state index contributed by atoms with van der Waals surface area (Å²) in [5.74, 6) is -0.363. The van der Waals surface area contributed by atoms with Crippen LogP contribution in [0, 0.1) is 0 Å². The molecular formula is C9H19N3O3. The van der Waals surface area contributed by atoms with Gasteiger partial charge in [-0.2, -0.15) is 0 Å². The second-order valence-corrected chi connectivity index (χ2v) is 3.24. The highest BCUT2D eigenvalue weighted by Gasteiger charge is 2.14.